The van der Waals surface area contributed by atoms with Crippen LogP contribution in [0.1, 0.15) is 44.2 Å². The molecule has 1 aliphatic carbocycles. The van der Waals surface area contributed by atoms with E-state index in [1.54, 1.807) is 6.07 Å². The summed E-state index contributed by atoms with van der Waals surface area (Å²) in [6.07, 6.45) is 4.69. The molecule has 2 N–H and O–H groups in total. The molecule has 3 nitrogen and oxygen atoms in total. The van der Waals surface area contributed by atoms with Crippen LogP contribution in [0.5, 0.6) is 0 Å². The van der Waals surface area contributed by atoms with Crippen LogP contribution >= 0.6 is 23.2 Å². The first kappa shape index (κ1) is 14.7. The zero-order chi connectivity index (χ0) is 15.0. The second-order valence-electron chi connectivity index (χ2n) is 5.89. The molecule has 0 unspecified atom stereocenters. The molecule has 5 heteroatoms. The summed E-state index contributed by atoms with van der Waals surface area (Å²) in [5.41, 5.74) is 8.73. The largest absolute Gasteiger partial charge is 0.367 e. The van der Waals surface area contributed by atoms with Gasteiger partial charge in [0.2, 0.25) is 5.88 Å². The van der Waals surface area contributed by atoms with Crippen LogP contribution in [0.2, 0.25) is 10.0 Å². The van der Waals surface area contributed by atoms with E-state index in [9.17, 15) is 0 Å². The number of aromatic nitrogens is 1. The van der Waals surface area contributed by atoms with Crippen LogP contribution in [-0.4, -0.2) is 5.16 Å². The van der Waals surface area contributed by atoms with Crippen LogP contribution < -0.4 is 5.73 Å². The Morgan fingerprint density at radius 1 is 1.14 bits per heavy atom. The molecule has 2 aromatic rings. The fourth-order valence-corrected chi connectivity index (χ4v) is 3.37. The Balaban J connectivity index is 1.98. The number of nitrogen functional groups attached to an aromatic ring is 1. The molecule has 0 aliphatic heterocycles. The summed E-state index contributed by atoms with van der Waals surface area (Å²) in [5, 5.41) is 5.26. The van der Waals surface area contributed by atoms with Crippen molar-refractivity contribution >= 4 is 29.1 Å². The van der Waals surface area contributed by atoms with Crippen molar-refractivity contribution in [2.45, 2.75) is 38.5 Å². The van der Waals surface area contributed by atoms with Gasteiger partial charge in [0, 0.05) is 5.92 Å². The quantitative estimate of drug-likeness (QED) is 0.790. The molecular weight excluding hydrogens is 307 g/mol. The Labute approximate surface area is 134 Å². The SMILES string of the molecule is CC1CCC(c2noc(N)c2-c2ccc(Cl)c(Cl)c2)CC1. The van der Waals surface area contributed by atoms with Crippen molar-refractivity contribution in [3.05, 3.63) is 33.9 Å². The lowest BCUT2D eigenvalue weighted by atomic mass is 9.80. The molecule has 1 fully saturated rings. The Morgan fingerprint density at radius 2 is 1.86 bits per heavy atom. The molecule has 0 amide bonds. The number of halogens is 2. The second kappa shape index (κ2) is 5.90. The molecule has 0 bridgehead atoms. The smallest absolute Gasteiger partial charge is 0.230 e. The molecule has 0 atom stereocenters. The van der Waals surface area contributed by atoms with E-state index in [1.165, 1.54) is 12.8 Å². The van der Waals surface area contributed by atoms with E-state index in [0.717, 1.165) is 35.6 Å². The highest BCUT2D eigenvalue weighted by atomic mass is 35.5. The molecule has 0 spiro atoms. The average molecular weight is 325 g/mol. The summed E-state index contributed by atoms with van der Waals surface area (Å²) in [4.78, 5) is 0. The average Bonchev–Trinajstić information content (AvgIpc) is 2.85. The number of hydrogen-bond donors (Lipinski definition) is 1. The second-order valence-corrected chi connectivity index (χ2v) is 6.71. The highest BCUT2D eigenvalue weighted by molar-refractivity contribution is 6.42. The van der Waals surface area contributed by atoms with Gasteiger partial charge in [0.15, 0.2) is 0 Å². The highest BCUT2D eigenvalue weighted by Gasteiger charge is 2.27. The fraction of sp³-hybridized carbons (Fsp3) is 0.438. The van der Waals surface area contributed by atoms with E-state index in [1.807, 2.05) is 12.1 Å². The van der Waals surface area contributed by atoms with Crippen LogP contribution in [0.3, 0.4) is 0 Å². The van der Waals surface area contributed by atoms with E-state index < -0.39 is 0 Å². The van der Waals surface area contributed by atoms with Crippen LogP contribution in [0, 0.1) is 5.92 Å². The lowest BCUT2D eigenvalue weighted by Crippen LogP contribution is -2.11. The van der Waals surface area contributed by atoms with Gasteiger partial charge in [-0.1, -0.05) is 54.2 Å². The monoisotopic (exact) mass is 324 g/mol. The van der Waals surface area contributed by atoms with Crippen molar-refractivity contribution < 1.29 is 4.52 Å². The number of benzene rings is 1. The van der Waals surface area contributed by atoms with E-state index in [-0.39, 0.29) is 0 Å². The minimum Gasteiger partial charge on any atom is -0.367 e. The molecule has 1 heterocycles. The molecule has 1 aromatic carbocycles. The van der Waals surface area contributed by atoms with E-state index in [4.69, 9.17) is 33.5 Å². The van der Waals surface area contributed by atoms with Gasteiger partial charge in [0.05, 0.1) is 21.3 Å². The molecule has 1 saturated carbocycles. The first-order valence-electron chi connectivity index (χ1n) is 7.26. The maximum absolute atomic E-state index is 6.12. The molecule has 1 aliphatic rings. The van der Waals surface area contributed by atoms with E-state index >= 15 is 0 Å². The van der Waals surface area contributed by atoms with Gasteiger partial charge in [-0.2, -0.15) is 0 Å². The van der Waals surface area contributed by atoms with Gasteiger partial charge >= 0.3 is 0 Å². The summed E-state index contributed by atoms with van der Waals surface area (Å²) in [6.45, 7) is 2.30. The fourth-order valence-electron chi connectivity index (χ4n) is 3.07. The van der Waals surface area contributed by atoms with Gasteiger partial charge < -0.3 is 10.3 Å². The summed E-state index contributed by atoms with van der Waals surface area (Å²) >= 11 is 12.1. The van der Waals surface area contributed by atoms with Gasteiger partial charge in [0.25, 0.3) is 0 Å². The van der Waals surface area contributed by atoms with Crippen molar-refractivity contribution in [3.8, 4) is 11.1 Å². The van der Waals surface area contributed by atoms with Crippen LogP contribution in [0.25, 0.3) is 11.1 Å². The Kier molecular flexibility index (Phi) is 4.14. The molecule has 0 radical (unpaired) electrons. The Bertz CT molecular complexity index is 646. The molecule has 21 heavy (non-hydrogen) atoms. The van der Waals surface area contributed by atoms with Crippen molar-refractivity contribution in [1.29, 1.82) is 0 Å². The summed E-state index contributed by atoms with van der Waals surface area (Å²) < 4.78 is 5.25. The van der Waals surface area contributed by atoms with Crippen molar-refractivity contribution in [3.63, 3.8) is 0 Å². The number of rotatable bonds is 2. The Hall–Kier alpha value is -1.19. The molecular formula is C16H18Cl2N2O. The lowest BCUT2D eigenvalue weighted by Gasteiger charge is -2.25. The minimum atomic E-state index is 0.349. The van der Waals surface area contributed by atoms with Gasteiger partial charge in [-0.15, -0.1) is 0 Å². The standard InChI is InChI=1S/C16H18Cl2N2O/c1-9-2-4-10(5-3-9)15-14(16(19)21-20-15)11-6-7-12(17)13(18)8-11/h6-10H,2-5,19H2,1H3. The van der Waals surface area contributed by atoms with Gasteiger partial charge in [-0.3, -0.25) is 0 Å². The zero-order valence-corrected chi connectivity index (χ0v) is 13.4. The van der Waals surface area contributed by atoms with Gasteiger partial charge in [-0.25, -0.2) is 0 Å². The summed E-state index contributed by atoms with van der Waals surface area (Å²) in [6, 6.07) is 5.51. The normalized spacial score (nSPS) is 22.4. The van der Waals surface area contributed by atoms with Gasteiger partial charge in [-0.05, 0) is 36.5 Å². The number of anilines is 1. The number of hydrogen-bond acceptors (Lipinski definition) is 3. The van der Waals surface area contributed by atoms with Gasteiger partial charge in [0.1, 0.15) is 0 Å². The van der Waals surface area contributed by atoms with Crippen molar-refractivity contribution in [2.75, 3.05) is 5.73 Å². The van der Waals surface area contributed by atoms with Crippen LogP contribution in [0.4, 0.5) is 5.88 Å². The predicted molar refractivity (Wildman–Crippen MR) is 86.7 cm³/mol. The number of nitrogens with zero attached hydrogens (tertiary/aromatic N) is 1. The van der Waals surface area contributed by atoms with E-state index in [2.05, 4.69) is 12.1 Å². The first-order chi connectivity index (χ1) is 10.1. The van der Waals surface area contributed by atoms with Crippen molar-refractivity contribution in [2.24, 2.45) is 5.92 Å². The topological polar surface area (TPSA) is 52.0 Å². The number of nitrogens with two attached hydrogens (primary N) is 1. The maximum atomic E-state index is 6.12. The van der Waals surface area contributed by atoms with Crippen molar-refractivity contribution in [1.82, 2.24) is 5.16 Å². The third-order valence-corrected chi connectivity index (χ3v) is 5.09. The van der Waals surface area contributed by atoms with Crippen LogP contribution in [0.15, 0.2) is 22.7 Å². The third kappa shape index (κ3) is 2.90. The summed E-state index contributed by atoms with van der Waals surface area (Å²) in [5.74, 6) is 1.55. The Morgan fingerprint density at radius 3 is 2.52 bits per heavy atom. The highest BCUT2D eigenvalue weighted by Crippen LogP contribution is 2.42. The van der Waals surface area contributed by atoms with E-state index in [0.29, 0.717) is 21.8 Å². The molecule has 1 aromatic heterocycles. The minimum absolute atomic E-state index is 0.349. The lowest BCUT2D eigenvalue weighted by molar-refractivity contribution is 0.331. The van der Waals surface area contributed by atoms with Crippen LogP contribution in [-0.2, 0) is 0 Å². The predicted octanol–water partition coefficient (Wildman–Crippen LogP) is 5.52. The zero-order valence-electron chi connectivity index (χ0n) is 11.9. The molecule has 0 saturated heterocycles. The first-order valence-corrected chi connectivity index (χ1v) is 8.02. The third-order valence-electron chi connectivity index (χ3n) is 4.36. The maximum Gasteiger partial charge on any atom is 0.230 e. The summed E-state index contributed by atoms with van der Waals surface area (Å²) in [7, 11) is 0. The molecule has 3 rings (SSSR count). The molecule has 112 valence electrons.